The van der Waals surface area contributed by atoms with Gasteiger partial charge in [-0.2, -0.15) is 0 Å². The zero-order valence-corrected chi connectivity index (χ0v) is 13.8. The first kappa shape index (κ1) is 19.7. The van der Waals surface area contributed by atoms with Crippen molar-refractivity contribution in [1.82, 2.24) is 0 Å². The lowest BCUT2D eigenvalue weighted by Crippen LogP contribution is -2.37. The van der Waals surface area contributed by atoms with Gasteiger partial charge in [-0.05, 0) is 25.2 Å². The van der Waals surface area contributed by atoms with E-state index in [1.165, 1.54) is 0 Å². The van der Waals surface area contributed by atoms with Gasteiger partial charge in [-0.15, -0.1) is 0 Å². The second-order valence-electron chi connectivity index (χ2n) is 6.15. The number of carbonyl (C=O) groups is 2. The van der Waals surface area contributed by atoms with E-state index in [9.17, 15) is 19.8 Å². The third-order valence-corrected chi connectivity index (χ3v) is 3.78. The Balaban J connectivity index is 5.69. The molecule has 0 aliphatic carbocycles. The number of unbranched alkanes of at least 4 members (excludes halogenated alkanes) is 3. The maximum absolute atomic E-state index is 11.9. The Morgan fingerprint density at radius 3 is 2.05 bits per heavy atom. The largest absolute Gasteiger partial charge is 0.481 e. The average molecular weight is 298 g/mol. The monoisotopic (exact) mass is 298 g/mol. The van der Waals surface area contributed by atoms with Crippen molar-refractivity contribution >= 4 is 11.9 Å². The second-order valence-corrected chi connectivity index (χ2v) is 6.15. The molecule has 0 aromatic heterocycles. The van der Waals surface area contributed by atoms with E-state index in [2.05, 4.69) is 0 Å². The molecule has 21 heavy (non-hydrogen) atoms. The van der Waals surface area contributed by atoms with Crippen LogP contribution in [0, 0.1) is 11.3 Å². The molecular weight excluding hydrogens is 268 g/mol. The van der Waals surface area contributed by atoms with Gasteiger partial charge in [0.25, 0.3) is 0 Å². The summed E-state index contributed by atoms with van der Waals surface area (Å²) in [6, 6.07) is 0. The Morgan fingerprint density at radius 1 is 1.10 bits per heavy atom. The van der Waals surface area contributed by atoms with Crippen LogP contribution in [0.25, 0.3) is 0 Å². The molecule has 1 atom stereocenters. The van der Waals surface area contributed by atoms with Gasteiger partial charge >= 0.3 is 11.9 Å². The molecule has 1 unspecified atom stereocenters. The summed E-state index contributed by atoms with van der Waals surface area (Å²) >= 11 is 0. The maximum Gasteiger partial charge on any atom is 0.332 e. The number of carboxylic acids is 2. The fourth-order valence-electron chi connectivity index (χ4n) is 2.77. The Hall–Kier alpha value is -1.32. The van der Waals surface area contributed by atoms with E-state index >= 15 is 0 Å². The van der Waals surface area contributed by atoms with Gasteiger partial charge in [0.1, 0.15) is 0 Å². The lowest BCUT2D eigenvalue weighted by atomic mass is 9.70. The number of hydrogen-bond acceptors (Lipinski definition) is 2. The van der Waals surface area contributed by atoms with Gasteiger partial charge in [-0.3, -0.25) is 4.79 Å². The molecule has 0 radical (unpaired) electrons. The third-order valence-electron chi connectivity index (χ3n) is 3.78. The SMILES string of the molecule is CCCCC=C(C(=O)O)C(CCCC)(CC(C)C)C(=O)O. The van der Waals surface area contributed by atoms with Gasteiger partial charge in [0.2, 0.25) is 0 Å². The van der Waals surface area contributed by atoms with Gasteiger partial charge < -0.3 is 10.2 Å². The van der Waals surface area contributed by atoms with Crippen LogP contribution < -0.4 is 0 Å². The van der Waals surface area contributed by atoms with Gasteiger partial charge in [0, 0.05) is 0 Å². The van der Waals surface area contributed by atoms with Crippen molar-refractivity contribution in [1.29, 1.82) is 0 Å². The van der Waals surface area contributed by atoms with Crippen LogP contribution in [0.4, 0.5) is 0 Å². The van der Waals surface area contributed by atoms with Crippen LogP contribution in [0.1, 0.15) is 72.6 Å². The standard InChI is InChI=1S/C17H30O4/c1-5-7-9-10-14(15(18)19)17(16(20)21,11-8-6-2)12-13(3)4/h10,13H,5-9,11-12H2,1-4H3,(H,18,19)(H,20,21). The molecule has 0 aliphatic rings. The molecule has 122 valence electrons. The minimum atomic E-state index is -1.26. The molecule has 0 amide bonds. The van der Waals surface area contributed by atoms with E-state index < -0.39 is 17.4 Å². The predicted octanol–water partition coefficient (Wildman–Crippen LogP) is 4.49. The van der Waals surface area contributed by atoms with Crippen molar-refractivity contribution in [3.8, 4) is 0 Å². The molecule has 0 spiro atoms. The molecule has 0 saturated heterocycles. The van der Waals surface area contributed by atoms with Gasteiger partial charge in [0.15, 0.2) is 0 Å². The van der Waals surface area contributed by atoms with Crippen molar-refractivity contribution in [3.63, 3.8) is 0 Å². The molecule has 4 nitrogen and oxygen atoms in total. The first-order chi connectivity index (χ1) is 9.81. The van der Waals surface area contributed by atoms with Crippen molar-refractivity contribution in [2.45, 2.75) is 72.6 Å². The quantitative estimate of drug-likeness (QED) is 0.435. The summed E-state index contributed by atoms with van der Waals surface area (Å²) in [7, 11) is 0. The topological polar surface area (TPSA) is 74.6 Å². The molecule has 0 aromatic rings. The average Bonchev–Trinajstić information content (AvgIpc) is 2.38. The van der Waals surface area contributed by atoms with Crippen LogP contribution in [-0.2, 0) is 9.59 Å². The molecule has 0 bridgehead atoms. The zero-order valence-electron chi connectivity index (χ0n) is 13.8. The van der Waals surface area contributed by atoms with Crippen LogP contribution in [-0.4, -0.2) is 22.2 Å². The number of allylic oxidation sites excluding steroid dienone is 1. The molecule has 4 heteroatoms. The van der Waals surface area contributed by atoms with Crippen LogP contribution in [0.15, 0.2) is 11.6 Å². The number of aliphatic carboxylic acids is 2. The summed E-state index contributed by atoms with van der Waals surface area (Å²) in [4.78, 5) is 23.6. The first-order valence-corrected chi connectivity index (χ1v) is 7.99. The van der Waals surface area contributed by atoms with Gasteiger partial charge in [-0.1, -0.05) is 59.5 Å². The fraction of sp³-hybridized carbons (Fsp3) is 0.765. The third kappa shape index (κ3) is 5.90. The highest BCUT2D eigenvalue weighted by atomic mass is 16.4. The summed E-state index contributed by atoms with van der Waals surface area (Å²) in [5, 5.41) is 19.3. The highest BCUT2D eigenvalue weighted by Crippen LogP contribution is 2.40. The Kier molecular flexibility index (Phi) is 8.98. The molecule has 0 saturated carbocycles. The van der Waals surface area contributed by atoms with Gasteiger partial charge in [-0.25, -0.2) is 4.79 Å². The number of hydrogen-bond donors (Lipinski definition) is 2. The Labute approximate surface area is 128 Å². The van der Waals surface area contributed by atoms with E-state index in [0.717, 1.165) is 25.7 Å². The summed E-state index contributed by atoms with van der Waals surface area (Å²) < 4.78 is 0. The minimum Gasteiger partial charge on any atom is -0.481 e. The summed E-state index contributed by atoms with van der Waals surface area (Å²) in [5.41, 5.74) is -1.19. The lowest BCUT2D eigenvalue weighted by Gasteiger charge is -2.32. The highest BCUT2D eigenvalue weighted by molar-refractivity contribution is 5.96. The van der Waals surface area contributed by atoms with Crippen molar-refractivity contribution in [3.05, 3.63) is 11.6 Å². The molecule has 0 fully saturated rings. The molecule has 0 aromatic carbocycles. The van der Waals surface area contributed by atoms with E-state index in [0.29, 0.717) is 19.3 Å². The fourth-order valence-corrected chi connectivity index (χ4v) is 2.77. The molecule has 0 heterocycles. The minimum absolute atomic E-state index is 0.0746. The summed E-state index contributed by atoms with van der Waals surface area (Å²) in [6.45, 7) is 7.90. The van der Waals surface area contributed by atoms with Crippen molar-refractivity contribution in [2.75, 3.05) is 0 Å². The molecular formula is C17H30O4. The summed E-state index contributed by atoms with van der Waals surface area (Å²) in [6.07, 6.45) is 6.43. The molecule has 2 N–H and O–H groups in total. The van der Waals surface area contributed by atoms with E-state index in [1.54, 1.807) is 6.08 Å². The molecule has 0 rings (SSSR count). The van der Waals surface area contributed by atoms with Crippen molar-refractivity contribution in [2.24, 2.45) is 11.3 Å². The number of rotatable bonds is 11. The van der Waals surface area contributed by atoms with Gasteiger partial charge in [0.05, 0.1) is 11.0 Å². The highest BCUT2D eigenvalue weighted by Gasteiger charge is 2.44. The Bertz CT molecular complexity index is 371. The van der Waals surface area contributed by atoms with Crippen LogP contribution in [0.3, 0.4) is 0 Å². The summed E-state index contributed by atoms with van der Waals surface area (Å²) in [5.74, 6) is -1.97. The zero-order chi connectivity index (χ0) is 16.5. The van der Waals surface area contributed by atoms with Crippen LogP contribution in [0.2, 0.25) is 0 Å². The van der Waals surface area contributed by atoms with E-state index in [-0.39, 0.29) is 11.5 Å². The van der Waals surface area contributed by atoms with Crippen LogP contribution >= 0.6 is 0 Å². The predicted molar refractivity (Wildman–Crippen MR) is 84.3 cm³/mol. The Morgan fingerprint density at radius 2 is 1.67 bits per heavy atom. The van der Waals surface area contributed by atoms with Crippen molar-refractivity contribution < 1.29 is 19.8 Å². The normalized spacial score (nSPS) is 15.0. The van der Waals surface area contributed by atoms with Crippen LogP contribution in [0.5, 0.6) is 0 Å². The maximum atomic E-state index is 11.9. The second kappa shape index (κ2) is 9.59. The number of carboxylic acid groups (broad SMARTS) is 2. The lowest BCUT2D eigenvalue weighted by molar-refractivity contribution is -0.151. The first-order valence-electron chi connectivity index (χ1n) is 7.99. The van der Waals surface area contributed by atoms with E-state index in [4.69, 9.17) is 0 Å². The smallest absolute Gasteiger partial charge is 0.332 e. The molecule has 0 aliphatic heterocycles. The van der Waals surface area contributed by atoms with E-state index in [1.807, 2.05) is 27.7 Å².